The molecule has 1 heterocycles. The minimum Gasteiger partial charge on any atom is -0.466 e. The summed E-state index contributed by atoms with van der Waals surface area (Å²) >= 11 is 0. The second kappa shape index (κ2) is 6.17. The van der Waals surface area contributed by atoms with Crippen molar-refractivity contribution >= 4 is 5.97 Å². The lowest BCUT2D eigenvalue weighted by Crippen LogP contribution is -2.52. The Morgan fingerprint density at radius 1 is 1.53 bits per heavy atom. The molecule has 0 aromatic carbocycles. The van der Waals surface area contributed by atoms with Crippen LogP contribution in [0.1, 0.15) is 27.2 Å². The van der Waals surface area contributed by atoms with Crippen molar-refractivity contribution in [2.45, 2.75) is 32.7 Å². The minimum absolute atomic E-state index is 0.0315. The molecular formula is C13H23NO3. The maximum atomic E-state index is 11.4. The van der Waals surface area contributed by atoms with Gasteiger partial charge < -0.3 is 9.47 Å². The molecule has 0 aliphatic carbocycles. The van der Waals surface area contributed by atoms with E-state index in [0.29, 0.717) is 6.42 Å². The number of carbonyl (C=O) groups excluding carboxylic acids is 1. The van der Waals surface area contributed by atoms with Crippen molar-refractivity contribution < 1.29 is 14.3 Å². The van der Waals surface area contributed by atoms with Crippen LogP contribution < -0.4 is 0 Å². The summed E-state index contributed by atoms with van der Waals surface area (Å²) in [6.07, 6.45) is 2.68. The van der Waals surface area contributed by atoms with E-state index >= 15 is 0 Å². The number of nitrogens with zero attached hydrogens (tertiary/aromatic N) is 1. The lowest BCUT2D eigenvalue weighted by molar-refractivity contribution is -0.136. The van der Waals surface area contributed by atoms with Gasteiger partial charge in [-0.25, -0.2) is 4.79 Å². The predicted octanol–water partition coefficient (Wildman–Crippen LogP) is 1.61. The molecule has 4 heteroatoms. The lowest BCUT2D eigenvalue weighted by Gasteiger charge is -2.41. The molecule has 17 heavy (non-hydrogen) atoms. The van der Waals surface area contributed by atoms with Crippen LogP contribution in [0.5, 0.6) is 0 Å². The molecule has 0 atom stereocenters. The number of esters is 1. The molecule has 1 aliphatic heterocycles. The van der Waals surface area contributed by atoms with E-state index in [0.717, 1.165) is 31.9 Å². The van der Waals surface area contributed by atoms with Crippen molar-refractivity contribution in [3.05, 3.63) is 11.6 Å². The maximum absolute atomic E-state index is 11.4. The van der Waals surface area contributed by atoms with Gasteiger partial charge in [0.25, 0.3) is 0 Å². The molecule has 98 valence electrons. The van der Waals surface area contributed by atoms with Gasteiger partial charge >= 0.3 is 5.97 Å². The second-order valence-electron chi connectivity index (χ2n) is 4.89. The number of hydrogen-bond acceptors (Lipinski definition) is 4. The van der Waals surface area contributed by atoms with Gasteiger partial charge in [0.05, 0.1) is 20.3 Å². The Balaban J connectivity index is 2.63. The summed E-state index contributed by atoms with van der Waals surface area (Å²) in [7, 11) is 1.42. The molecule has 1 rings (SSSR count). The highest BCUT2D eigenvalue weighted by Crippen LogP contribution is 2.19. The standard InChI is InChI=1S/C13H23NO3/c1-5-11(12(15)16-4)6-7-14-8-9-17-10-13(14,2)3/h6H,5,7-10H2,1-4H3. The van der Waals surface area contributed by atoms with E-state index in [1.807, 2.05) is 13.0 Å². The number of carbonyl (C=O) groups is 1. The summed E-state index contributed by atoms with van der Waals surface area (Å²) in [6, 6.07) is 0. The normalized spacial score (nSPS) is 21.3. The summed E-state index contributed by atoms with van der Waals surface area (Å²) in [6.45, 7) is 9.45. The molecule has 0 unspecified atom stereocenters. The fraction of sp³-hybridized carbons (Fsp3) is 0.769. The molecule has 0 radical (unpaired) electrons. The third-order valence-corrected chi connectivity index (χ3v) is 3.20. The molecule has 0 amide bonds. The molecule has 1 saturated heterocycles. The summed E-state index contributed by atoms with van der Waals surface area (Å²) in [5.74, 6) is -0.224. The number of methoxy groups -OCH3 is 1. The lowest BCUT2D eigenvalue weighted by atomic mass is 10.0. The smallest absolute Gasteiger partial charge is 0.333 e. The largest absolute Gasteiger partial charge is 0.466 e. The van der Waals surface area contributed by atoms with Gasteiger partial charge in [-0.2, -0.15) is 0 Å². The van der Waals surface area contributed by atoms with E-state index in [1.54, 1.807) is 0 Å². The monoisotopic (exact) mass is 241 g/mol. The summed E-state index contributed by atoms with van der Waals surface area (Å²) in [5.41, 5.74) is 0.777. The molecule has 0 saturated carbocycles. The Kier molecular flexibility index (Phi) is 5.15. The summed E-state index contributed by atoms with van der Waals surface area (Å²) < 4.78 is 10.2. The van der Waals surface area contributed by atoms with Gasteiger partial charge in [-0.1, -0.05) is 13.0 Å². The first-order valence-corrected chi connectivity index (χ1v) is 6.11. The van der Waals surface area contributed by atoms with Crippen molar-refractivity contribution in [1.29, 1.82) is 0 Å². The van der Waals surface area contributed by atoms with Crippen LogP contribution in [0.2, 0.25) is 0 Å². The highest BCUT2D eigenvalue weighted by atomic mass is 16.5. The fourth-order valence-corrected chi connectivity index (χ4v) is 1.95. The summed E-state index contributed by atoms with van der Waals surface area (Å²) in [4.78, 5) is 13.8. The molecule has 0 spiro atoms. The molecule has 0 aromatic rings. The molecule has 0 aromatic heterocycles. The van der Waals surface area contributed by atoms with Crippen molar-refractivity contribution in [3.63, 3.8) is 0 Å². The third kappa shape index (κ3) is 3.82. The van der Waals surface area contributed by atoms with Crippen LogP contribution in [0.15, 0.2) is 11.6 Å². The van der Waals surface area contributed by atoms with Gasteiger partial charge in [0.1, 0.15) is 0 Å². The van der Waals surface area contributed by atoms with Crippen LogP contribution >= 0.6 is 0 Å². The average Bonchev–Trinajstić information content (AvgIpc) is 2.31. The Hall–Kier alpha value is -0.870. The SMILES string of the molecule is CCC(=CCN1CCOCC1(C)C)C(=O)OC. The van der Waals surface area contributed by atoms with Gasteiger partial charge in [-0.05, 0) is 20.3 Å². The second-order valence-corrected chi connectivity index (χ2v) is 4.89. The van der Waals surface area contributed by atoms with E-state index in [2.05, 4.69) is 18.7 Å². The average molecular weight is 241 g/mol. The van der Waals surface area contributed by atoms with Crippen LogP contribution in [-0.2, 0) is 14.3 Å². The third-order valence-electron chi connectivity index (χ3n) is 3.20. The molecular weight excluding hydrogens is 218 g/mol. The molecule has 4 nitrogen and oxygen atoms in total. The van der Waals surface area contributed by atoms with Crippen LogP contribution in [0.3, 0.4) is 0 Å². The molecule has 0 bridgehead atoms. The van der Waals surface area contributed by atoms with Crippen LogP contribution in [0, 0.1) is 0 Å². The summed E-state index contributed by atoms with van der Waals surface area (Å²) in [5, 5.41) is 0. The first-order chi connectivity index (χ1) is 8.01. The Bertz CT molecular complexity index is 297. The van der Waals surface area contributed by atoms with Gasteiger partial charge in [0, 0.05) is 24.2 Å². The van der Waals surface area contributed by atoms with E-state index in [9.17, 15) is 4.79 Å². The van der Waals surface area contributed by atoms with Gasteiger partial charge in [0.2, 0.25) is 0 Å². The van der Waals surface area contributed by atoms with E-state index in [1.165, 1.54) is 7.11 Å². The van der Waals surface area contributed by atoms with Gasteiger partial charge in [0.15, 0.2) is 0 Å². The maximum Gasteiger partial charge on any atom is 0.333 e. The minimum atomic E-state index is -0.224. The van der Waals surface area contributed by atoms with Gasteiger partial charge in [-0.3, -0.25) is 4.90 Å². The zero-order chi connectivity index (χ0) is 12.9. The number of morpholine rings is 1. The molecule has 1 fully saturated rings. The Morgan fingerprint density at radius 3 is 2.76 bits per heavy atom. The van der Waals surface area contributed by atoms with E-state index in [4.69, 9.17) is 9.47 Å². The van der Waals surface area contributed by atoms with Crippen molar-refractivity contribution in [2.75, 3.05) is 33.4 Å². The Labute approximate surface area is 104 Å². The van der Waals surface area contributed by atoms with Crippen molar-refractivity contribution in [2.24, 2.45) is 0 Å². The first-order valence-electron chi connectivity index (χ1n) is 6.11. The van der Waals surface area contributed by atoms with Crippen molar-refractivity contribution in [1.82, 2.24) is 4.90 Å². The number of rotatable bonds is 4. The predicted molar refractivity (Wildman–Crippen MR) is 66.9 cm³/mol. The highest BCUT2D eigenvalue weighted by Gasteiger charge is 2.29. The fourth-order valence-electron chi connectivity index (χ4n) is 1.95. The zero-order valence-corrected chi connectivity index (χ0v) is 11.3. The van der Waals surface area contributed by atoms with Crippen LogP contribution in [-0.4, -0.2) is 49.8 Å². The van der Waals surface area contributed by atoms with Crippen LogP contribution in [0.4, 0.5) is 0 Å². The number of ether oxygens (including phenoxy) is 2. The van der Waals surface area contributed by atoms with E-state index in [-0.39, 0.29) is 11.5 Å². The Morgan fingerprint density at radius 2 is 2.24 bits per heavy atom. The topological polar surface area (TPSA) is 38.8 Å². The van der Waals surface area contributed by atoms with E-state index < -0.39 is 0 Å². The molecule has 1 aliphatic rings. The quantitative estimate of drug-likeness (QED) is 0.553. The highest BCUT2D eigenvalue weighted by molar-refractivity contribution is 5.88. The number of hydrogen-bond donors (Lipinski definition) is 0. The first kappa shape index (κ1) is 14.2. The van der Waals surface area contributed by atoms with Crippen molar-refractivity contribution in [3.8, 4) is 0 Å². The molecule has 0 N–H and O–H groups in total. The van der Waals surface area contributed by atoms with Crippen LogP contribution in [0.25, 0.3) is 0 Å². The zero-order valence-electron chi connectivity index (χ0n) is 11.3. The van der Waals surface area contributed by atoms with Gasteiger partial charge in [-0.15, -0.1) is 0 Å².